The van der Waals surface area contributed by atoms with Crippen molar-refractivity contribution >= 4 is 58.6 Å². The highest BCUT2D eigenvalue weighted by atomic mass is 35.5. The average molecular weight is 494 g/mol. The van der Waals surface area contributed by atoms with Crippen LogP contribution in [0.5, 0.6) is 0 Å². The highest BCUT2D eigenvalue weighted by Crippen LogP contribution is 2.24. The van der Waals surface area contributed by atoms with Crippen LogP contribution in [0.4, 0.5) is 5.82 Å². The van der Waals surface area contributed by atoms with Crippen LogP contribution in [0, 0.1) is 6.92 Å². The van der Waals surface area contributed by atoms with E-state index in [4.69, 9.17) is 39.5 Å². The number of nitrogens with one attached hydrogen (secondary N) is 1. The van der Waals surface area contributed by atoms with E-state index in [0.29, 0.717) is 28.0 Å². The summed E-state index contributed by atoms with van der Waals surface area (Å²) < 4.78 is 6.80. The lowest BCUT2D eigenvalue weighted by Crippen LogP contribution is -2.29. The Labute approximate surface area is 199 Å². The number of pyridine rings is 1. The first-order valence-corrected chi connectivity index (χ1v) is 10.7. The Balaban J connectivity index is 1.61. The number of hydrogen-bond acceptors (Lipinski definition) is 5. The molecule has 3 rings (SSSR count). The van der Waals surface area contributed by atoms with Crippen molar-refractivity contribution in [3.05, 3.63) is 80.7 Å². The molecule has 0 fully saturated rings. The third kappa shape index (κ3) is 6.09. The van der Waals surface area contributed by atoms with Gasteiger partial charge in [0.2, 0.25) is 0 Å². The molecule has 0 spiro atoms. The number of carbonyl (C=O) groups is 2. The third-order valence-electron chi connectivity index (χ3n) is 4.38. The van der Waals surface area contributed by atoms with Gasteiger partial charge in [-0.05, 0) is 31.6 Å². The molecule has 1 atom stereocenters. The number of aryl methyl sites for hydroxylation is 1. The van der Waals surface area contributed by atoms with Gasteiger partial charge in [-0.1, -0.05) is 65.1 Å². The molecule has 0 saturated carbocycles. The normalized spacial score (nSPS) is 12.0. The molecule has 1 N–H and O–H groups in total. The van der Waals surface area contributed by atoms with Crippen LogP contribution in [0.3, 0.4) is 0 Å². The Kier molecular flexibility index (Phi) is 7.90. The zero-order valence-corrected chi connectivity index (χ0v) is 19.4. The van der Waals surface area contributed by atoms with E-state index in [1.54, 1.807) is 11.6 Å². The second-order valence-corrected chi connectivity index (χ2v) is 8.02. The quantitative estimate of drug-likeness (QED) is 0.362. The fraction of sp³-hybridized carbons (Fsp3) is 0.182. The first-order chi connectivity index (χ1) is 15.2. The van der Waals surface area contributed by atoms with E-state index in [9.17, 15) is 9.59 Å². The molecular formula is C22H19Cl3N4O3. The predicted octanol–water partition coefficient (Wildman–Crippen LogP) is 5.18. The first-order valence-electron chi connectivity index (χ1n) is 9.52. The number of aromatic nitrogens is 3. The van der Waals surface area contributed by atoms with Gasteiger partial charge in [0, 0.05) is 17.8 Å². The molecule has 0 aliphatic heterocycles. The van der Waals surface area contributed by atoms with Crippen LogP contribution in [0.1, 0.15) is 23.7 Å². The van der Waals surface area contributed by atoms with Crippen molar-refractivity contribution in [2.24, 2.45) is 0 Å². The molecular weight excluding hydrogens is 475 g/mol. The summed E-state index contributed by atoms with van der Waals surface area (Å²) in [7, 11) is 0. The zero-order valence-electron chi connectivity index (χ0n) is 17.2. The van der Waals surface area contributed by atoms with E-state index in [1.165, 1.54) is 31.3 Å². The SMILES string of the molecule is Cc1nn(Cc2ccccc2)c(Cl)c1/C=C/C(=O)OC(C)C(=O)Nc1ncc(Cl)cc1Cl. The van der Waals surface area contributed by atoms with Crippen molar-refractivity contribution in [1.82, 2.24) is 14.8 Å². The lowest BCUT2D eigenvalue weighted by molar-refractivity contribution is -0.148. The summed E-state index contributed by atoms with van der Waals surface area (Å²) in [4.78, 5) is 28.4. The van der Waals surface area contributed by atoms with Crippen molar-refractivity contribution in [2.45, 2.75) is 26.5 Å². The third-order valence-corrected chi connectivity index (χ3v) is 5.28. The molecule has 0 aliphatic carbocycles. The fourth-order valence-electron chi connectivity index (χ4n) is 2.76. The van der Waals surface area contributed by atoms with Gasteiger partial charge in [0.05, 0.1) is 22.3 Å². The van der Waals surface area contributed by atoms with Crippen LogP contribution in [0.2, 0.25) is 15.2 Å². The minimum atomic E-state index is -1.09. The molecule has 166 valence electrons. The number of halogens is 3. The van der Waals surface area contributed by atoms with Crippen molar-refractivity contribution in [1.29, 1.82) is 0 Å². The maximum absolute atomic E-state index is 12.3. The zero-order chi connectivity index (χ0) is 23.3. The highest BCUT2D eigenvalue weighted by Gasteiger charge is 2.19. The summed E-state index contributed by atoms with van der Waals surface area (Å²) in [5, 5.41) is 7.80. The molecule has 0 saturated heterocycles. The van der Waals surface area contributed by atoms with Gasteiger partial charge in [0.25, 0.3) is 5.91 Å². The van der Waals surface area contributed by atoms with Crippen LogP contribution in [0.25, 0.3) is 6.08 Å². The molecule has 0 radical (unpaired) electrons. The van der Waals surface area contributed by atoms with Crippen molar-refractivity contribution < 1.29 is 14.3 Å². The predicted molar refractivity (Wildman–Crippen MR) is 125 cm³/mol. The molecule has 2 aromatic heterocycles. The number of esters is 1. The van der Waals surface area contributed by atoms with Gasteiger partial charge in [-0.3, -0.25) is 4.79 Å². The molecule has 1 unspecified atom stereocenters. The van der Waals surface area contributed by atoms with E-state index < -0.39 is 18.0 Å². The van der Waals surface area contributed by atoms with Gasteiger partial charge >= 0.3 is 5.97 Å². The van der Waals surface area contributed by atoms with Gasteiger partial charge < -0.3 is 10.1 Å². The second-order valence-electron chi connectivity index (χ2n) is 6.82. The van der Waals surface area contributed by atoms with Gasteiger partial charge in [0.1, 0.15) is 5.15 Å². The first kappa shape index (κ1) is 23.8. The topological polar surface area (TPSA) is 86.1 Å². The Morgan fingerprint density at radius 2 is 1.94 bits per heavy atom. The summed E-state index contributed by atoms with van der Waals surface area (Å²) in [5.74, 6) is -1.19. The molecule has 1 amide bonds. The van der Waals surface area contributed by atoms with Gasteiger partial charge in [-0.2, -0.15) is 5.10 Å². The van der Waals surface area contributed by atoms with Gasteiger partial charge in [0.15, 0.2) is 11.9 Å². The number of nitrogens with zero attached hydrogens (tertiary/aromatic N) is 3. The summed E-state index contributed by atoms with van der Waals surface area (Å²) in [6, 6.07) is 11.2. The van der Waals surface area contributed by atoms with Crippen molar-refractivity contribution in [2.75, 3.05) is 5.32 Å². The molecule has 3 aromatic rings. The number of benzene rings is 1. The fourth-order valence-corrected chi connectivity index (χ4v) is 3.49. The summed E-state index contributed by atoms with van der Waals surface area (Å²) in [6.07, 6.45) is 2.96. The van der Waals surface area contributed by atoms with Crippen LogP contribution in [0.15, 0.2) is 48.7 Å². The number of amides is 1. The number of hydrogen-bond donors (Lipinski definition) is 1. The van der Waals surface area contributed by atoms with Crippen molar-refractivity contribution in [3.8, 4) is 0 Å². The number of ether oxygens (including phenoxy) is 1. The minimum absolute atomic E-state index is 0.118. The standard InChI is InChI=1S/C22H19Cl3N4O3/c1-13-17(20(25)29(28-13)12-15-6-4-3-5-7-15)8-9-19(30)32-14(2)22(31)27-21-18(24)10-16(23)11-26-21/h3-11,14H,12H2,1-2H3,(H,26,27,31)/b9-8+. The van der Waals surface area contributed by atoms with E-state index in [-0.39, 0.29) is 10.8 Å². The Hall–Kier alpha value is -2.87. The lowest BCUT2D eigenvalue weighted by atomic mass is 10.2. The largest absolute Gasteiger partial charge is 0.449 e. The Bertz CT molecular complexity index is 1160. The van der Waals surface area contributed by atoms with E-state index >= 15 is 0 Å². The van der Waals surface area contributed by atoms with Gasteiger partial charge in [-0.15, -0.1) is 0 Å². The Morgan fingerprint density at radius 3 is 2.62 bits per heavy atom. The maximum Gasteiger partial charge on any atom is 0.331 e. The van der Waals surface area contributed by atoms with E-state index in [0.717, 1.165) is 5.56 Å². The van der Waals surface area contributed by atoms with Gasteiger partial charge in [-0.25, -0.2) is 14.5 Å². The summed E-state index contributed by atoms with van der Waals surface area (Å²) in [6.45, 7) is 3.72. The number of rotatable bonds is 7. The lowest BCUT2D eigenvalue weighted by Gasteiger charge is -2.12. The molecule has 10 heteroatoms. The maximum atomic E-state index is 12.3. The highest BCUT2D eigenvalue weighted by molar-refractivity contribution is 6.36. The number of anilines is 1. The van der Waals surface area contributed by atoms with E-state index in [2.05, 4.69) is 15.4 Å². The minimum Gasteiger partial charge on any atom is -0.449 e. The number of carbonyl (C=O) groups excluding carboxylic acids is 2. The Morgan fingerprint density at radius 1 is 1.22 bits per heavy atom. The van der Waals surface area contributed by atoms with Crippen LogP contribution in [-0.4, -0.2) is 32.7 Å². The molecule has 1 aromatic carbocycles. The smallest absolute Gasteiger partial charge is 0.331 e. The van der Waals surface area contributed by atoms with E-state index in [1.807, 2.05) is 30.3 Å². The average Bonchev–Trinajstić information content (AvgIpc) is 3.01. The molecule has 0 bridgehead atoms. The van der Waals surface area contributed by atoms with Crippen LogP contribution < -0.4 is 5.32 Å². The van der Waals surface area contributed by atoms with Crippen LogP contribution in [-0.2, 0) is 20.9 Å². The molecule has 2 heterocycles. The monoisotopic (exact) mass is 492 g/mol. The molecule has 32 heavy (non-hydrogen) atoms. The van der Waals surface area contributed by atoms with Crippen molar-refractivity contribution in [3.63, 3.8) is 0 Å². The summed E-state index contributed by atoms with van der Waals surface area (Å²) in [5.41, 5.74) is 2.29. The van der Waals surface area contributed by atoms with Crippen LogP contribution >= 0.6 is 34.8 Å². The summed E-state index contributed by atoms with van der Waals surface area (Å²) >= 11 is 18.2. The molecule has 0 aliphatic rings. The molecule has 7 nitrogen and oxygen atoms in total. The second kappa shape index (κ2) is 10.6.